The summed E-state index contributed by atoms with van der Waals surface area (Å²) in [6, 6.07) is 1.74. The van der Waals surface area contributed by atoms with E-state index < -0.39 is 20.8 Å². The van der Waals surface area contributed by atoms with Crippen LogP contribution in [0.2, 0.25) is 0 Å². The third-order valence-electron chi connectivity index (χ3n) is 2.04. The smallest absolute Gasteiger partial charge is 0.228 e. The lowest BCUT2D eigenvalue weighted by Crippen LogP contribution is -2.47. The molecule has 0 fully saturated rings. The molecule has 0 aliphatic carbocycles. The molecule has 0 bridgehead atoms. The lowest BCUT2D eigenvalue weighted by Gasteiger charge is -2.26. The maximum absolute atomic E-state index is 11.7. The highest BCUT2D eigenvalue weighted by Crippen LogP contribution is 2.13. The zero-order valence-electron chi connectivity index (χ0n) is 9.32. The zero-order chi connectivity index (χ0) is 12.1. The number of nitrogens with zero attached hydrogens (tertiary/aromatic N) is 1. The Morgan fingerprint density at radius 3 is 2.40 bits per heavy atom. The van der Waals surface area contributed by atoms with Crippen LogP contribution in [0.15, 0.2) is 0 Å². The Kier molecular flexibility index (Phi) is 5.21. The second-order valence-corrected chi connectivity index (χ2v) is 5.89. The lowest BCUT2D eigenvalue weighted by molar-refractivity contribution is 0.245. The van der Waals surface area contributed by atoms with Gasteiger partial charge in [-0.15, -0.1) is 0 Å². The summed E-state index contributed by atoms with van der Waals surface area (Å²) in [6.45, 7) is 4.89. The number of hydrogen-bond acceptors (Lipinski definition) is 4. The maximum Gasteiger partial charge on any atom is 0.228 e. The Bertz CT molecular complexity index is 330. The fourth-order valence-corrected chi connectivity index (χ4v) is 2.76. The van der Waals surface area contributed by atoms with Gasteiger partial charge in [0.2, 0.25) is 10.0 Å². The molecule has 0 aromatic heterocycles. The largest absolute Gasteiger partial charge is 0.396 e. The van der Waals surface area contributed by atoms with E-state index in [1.807, 2.05) is 0 Å². The van der Waals surface area contributed by atoms with Crippen LogP contribution in [0.4, 0.5) is 0 Å². The lowest BCUT2D eigenvalue weighted by atomic mass is 10.0. The fraction of sp³-hybridized carbons (Fsp3) is 0.889. The highest BCUT2D eigenvalue weighted by Gasteiger charge is 2.30. The van der Waals surface area contributed by atoms with E-state index in [0.717, 1.165) is 0 Å². The van der Waals surface area contributed by atoms with Crippen molar-refractivity contribution in [1.82, 2.24) is 4.72 Å². The number of hydrogen-bond donors (Lipinski definition) is 2. The Morgan fingerprint density at radius 1 is 1.53 bits per heavy atom. The molecule has 0 aromatic rings. The molecule has 5 nitrogen and oxygen atoms in total. The molecule has 2 N–H and O–H groups in total. The van der Waals surface area contributed by atoms with Crippen LogP contribution in [0.5, 0.6) is 0 Å². The van der Waals surface area contributed by atoms with Crippen LogP contribution in [0, 0.1) is 11.3 Å². The van der Waals surface area contributed by atoms with Crippen molar-refractivity contribution in [1.29, 1.82) is 5.26 Å². The number of nitriles is 1. The van der Waals surface area contributed by atoms with Crippen LogP contribution in [-0.4, -0.2) is 30.9 Å². The summed E-state index contributed by atoms with van der Waals surface area (Å²) in [7, 11) is -3.62. The predicted octanol–water partition coefficient (Wildman–Crippen LogP) is 0.369. The first kappa shape index (κ1) is 14.4. The molecular weight excluding hydrogens is 216 g/mol. The minimum atomic E-state index is -3.62. The molecular formula is C9H18N2O3S. The molecule has 0 aliphatic heterocycles. The molecule has 6 heteroatoms. The molecule has 0 spiro atoms. The van der Waals surface area contributed by atoms with Gasteiger partial charge in [0.25, 0.3) is 0 Å². The minimum absolute atomic E-state index is 0.0983. The van der Waals surface area contributed by atoms with Gasteiger partial charge >= 0.3 is 0 Å². The number of nitrogens with one attached hydrogen (secondary N) is 1. The van der Waals surface area contributed by atoms with Crippen molar-refractivity contribution in [2.75, 3.05) is 6.61 Å². The molecule has 0 aromatic carbocycles. The van der Waals surface area contributed by atoms with Crippen molar-refractivity contribution in [3.05, 3.63) is 0 Å². The molecule has 0 radical (unpaired) electrons. The monoisotopic (exact) mass is 234 g/mol. The first-order valence-corrected chi connectivity index (χ1v) is 6.37. The SMILES string of the molecule is CCC(C#N)S(=O)(=O)NC(C)(C)CCO. The van der Waals surface area contributed by atoms with Crippen LogP contribution >= 0.6 is 0 Å². The van der Waals surface area contributed by atoms with Gasteiger partial charge in [0.15, 0.2) is 5.25 Å². The zero-order valence-corrected chi connectivity index (χ0v) is 10.1. The van der Waals surface area contributed by atoms with Gasteiger partial charge in [-0.2, -0.15) is 5.26 Å². The van der Waals surface area contributed by atoms with E-state index in [9.17, 15) is 8.42 Å². The van der Waals surface area contributed by atoms with Crippen molar-refractivity contribution in [2.24, 2.45) is 0 Å². The van der Waals surface area contributed by atoms with Gasteiger partial charge in [-0.1, -0.05) is 6.92 Å². The molecule has 0 aliphatic rings. The van der Waals surface area contributed by atoms with Gasteiger partial charge < -0.3 is 5.11 Å². The van der Waals surface area contributed by atoms with E-state index in [-0.39, 0.29) is 13.0 Å². The minimum Gasteiger partial charge on any atom is -0.396 e. The van der Waals surface area contributed by atoms with Crippen LogP contribution in [0.3, 0.4) is 0 Å². The fourth-order valence-electron chi connectivity index (χ4n) is 1.17. The number of rotatable bonds is 6. The van der Waals surface area contributed by atoms with Crippen molar-refractivity contribution in [3.8, 4) is 6.07 Å². The first-order chi connectivity index (χ1) is 6.79. The molecule has 0 amide bonds. The normalized spacial score (nSPS) is 14.6. The van der Waals surface area contributed by atoms with E-state index >= 15 is 0 Å². The van der Waals surface area contributed by atoms with E-state index in [1.54, 1.807) is 26.8 Å². The molecule has 1 unspecified atom stereocenters. The average molecular weight is 234 g/mol. The van der Waals surface area contributed by atoms with E-state index in [4.69, 9.17) is 10.4 Å². The predicted molar refractivity (Wildman–Crippen MR) is 57.5 cm³/mol. The summed E-state index contributed by atoms with van der Waals surface area (Å²) in [6.07, 6.45) is 0.565. The Labute approximate surface area is 91.2 Å². The Morgan fingerprint density at radius 2 is 2.07 bits per heavy atom. The Hall–Kier alpha value is -0.640. The summed E-state index contributed by atoms with van der Waals surface area (Å²) >= 11 is 0. The second kappa shape index (κ2) is 5.45. The average Bonchev–Trinajstić information content (AvgIpc) is 2.02. The summed E-state index contributed by atoms with van der Waals surface area (Å²) in [5.41, 5.74) is -0.724. The third kappa shape index (κ3) is 4.60. The van der Waals surface area contributed by atoms with Crippen molar-refractivity contribution in [3.63, 3.8) is 0 Å². The van der Waals surface area contributed by atoms with Crippen molar-refractivity contribution < 1.29 is 13.5 Å². The molecule has 0 saturated carbocycles. The molecule has 88 valence electrons. The van der Waals surface area contributed by atoms with E-state index in [1.165, 1.54) is 0 Å². The summed E-state index contributed by atoms with van der Waals surface area (Å²) in [4.78, 5) is 0. The maximum atomic E-state index is 11.7. The Balaban J connectivity index is 4.72. The van der Waals surface area contributed by atoms with Crippen LogP contribution in [0.1, 0.15) is 33.6 Å². The number of sulfonamides is 1. The molecule has 1 atom stereocenters. The molecule has 0 heterocycles. The highest BCUT2D eigenvalue weighted by molar-refractivity contribution is 7.90. The van der Waals surface area contributed by atoms with E-state index in [2.05, 4.69) is 4.72 Å². The first-order valence-electron chi connectivity index (χ1n) is 4.82. The van der Waals surface area contributed by atoms with Crippen molar-refractivity contribution in [2.45, 2.75) is 44.4 Å². The summed E-state index contributed by atoms with van der Waals surface area (Å²) in [5, 5.41) is 16.4. The van der Waals surface area contributed by atoms with Crippen LogP contribution < -0.4 is 4.72 Å². The quantitative estimate of drug-likeness (QED) is 0.694. The number of aliphatic hydroxyl groups excluding tert-OH is 1. The summed E-state index contributed by atoms with van der Waals surface area (Å²) < 4.78 is 25.8. The second-order valence-electron chi connectivity index (χ2n) is 4.03. The third-order valence-corrected chi connectivity index (χ3v) is 4.07. The van der Waals surface area contributed by atoms with Gasteiger partial charge in [0.1, 0.15) is 0 Å². The van der Waals surface area contributed by atoms with Gasteiger partial charge in [0.05, 0.1) is 6.07 Å². The van der Waals surface area contributed by atoms with Crippen LogP contribution in [0.25, 0.3) is 0 Å². The molecule has 0 rings (SSSR count). The molecule has 15 heavy (non-hydrogen) atoms. The topological polar surface area (TPSA) is 90.2 Å². The van der Waals surface area contributed by atoms with E-state index in [0.29, 0.717) is 6.42 Å². The number of aliphatic hydroxyl groups is 1. The standard InChI is InChI=1S/C9H18N2O3S/c1-4-8(7-10)15(13,14)11-9(2,3)5-6-12/h8,11-12H,4-6H2,1-3H3. The highest BCUT2D eigenvalue weighted by atomic mass is 32.2. The van der Waals surface area contributed by atoms with Crippen LogP contribution in [-0.2, 0) is 10.0 Å². The van der Waals surface area contributed by atoms with Gasteiger partial charge in [-0.25, -0.2) is 13.1 Å². The molecule has 0 saturated heterocycles. The van der Waals surface area contributed by atoms with Gasteiger partial charge in [-0.05, 0) is 26.7 Å². The van der Waals surface area contributed by atoms with Gasteiger partial charge in [0, 0.05) is 12.1 Å². The van der Waals surface area contributed by atoms with Crippen molar-refractivity contribution >= 4 is 10.0 Å². The van der Waals surface area contributed by atoms with Gasteiger partial charge in [-0.3, -0.25) is 0 Å². The summed E-state index contributed by atoms with van der Waals surface area (Å²) in [5.74, 6) is 0.